The van der Waals surface area contributed by atoms with Gasteiger partial charge < -0.3 is 25.5 Å². The molecule has 0 atom stereocenters. The topological polar surface area (TPSA) is 141 Å². The average Bonchev–Trinajstić information content (AvgIpc) is 2.97. The number of carbonyl (C=O) groups excluding carboxylic acids is 1. The van der Waals surface area contributed by atoms with Gasteiger partial charge in [0.15, 0.2) is 5.82 Å². The van der Waals surface area contributed by atoms with Gasteiger partial charge in [0.1, 0.15) is 12.4 Å². The number of aryl methyl sites for hydroxylation is 1. The number of hydrogen-bond donors (Lipinski definition) is 3. The van der Waals surface area contributed by atoms with E-state index in [9.17, 15) is 9.90 Å². The van der Waals surface area contributed by atoms with E-state index in [1.54, 1.807) is 14.0 Å². The third-order valence-corrected chi connectivity index (χ3v) is 4.60. The number of nitrogens with zero attached hydrogens (tertiary/aromatic N) is 5. The van der Waals surface area contributed by atoms with Crippen LogP contribution in [0.4, 0.5) is 5.95 Å². The van der Waals surface area contributed by atoms with E-state index in [0.29, 0.717) is 30.2 Å². The average molecular weight is 361 g/mol. The summed E-state index contributed by atoms with van der Waals surface area (Å²) in [6, 6.07) is 0.0506. The summed E-state index contributed by atoms with van der Waals surface area (Å²) in [4.78, 5) is 20.3. The molecule has 1 aliphatic carbocycles. The number of nitrogen functional groups attached to an aromatic ring is 1. The quantitative estimate of drug-likeness (QED) is 0.614. The van der Waals surface area contributed by atoms with E-state index >= 15 is 0 Å². The minimum absolute atomic E-state index is 0.0506. The summed E-state index contributed by atoms with van der Waals surface area (Å²) in [6.07, 6.45) is 2.96. The van der Waals surface area contributed by atoms with Crippen molar-refractivity contribution in [3.63, 3.8) is 0 Å². The first-order valence-electron chi connectivity index (χ1n) is 8.45. The van der Waals surface area contributed by atoms with E-state index in [4.69, 9.17) is 10.5 Å². The Kier molecular flexibility index (Phi) is 5.43. The number of amides is 1. The molecule has 0 unspecified atom stereocenters. The van der Waals surface area contributed by atoms with Gasteiger partial charge in [-0.3, -0.25) is 4.79 Å². The number of ether oxygens (including phenoxy) is 1. The van der Waals surface area contributed by atoms with Gasteiger partial charge in [-0.15, -0.1) is 10.2 Å². The monoisotopic (exact) mass is 361 g/mol. The highest BCUT2D eigenvalue weighted by molar-refractivity contribution is 5.95. The van der Waals surface area contributed by atoms with Crippen LogP contribution in [0.3, 0.4) is 0 Å². The Morgan fingerprint density at radius 2 is 2.23 bits per heavy atom. The molecule has 3 rings (SSSR count). The third-order valence-electron chi connectivity index (χ3n) is 4.60. The van der Waals surface area contributed by atoms with Gasteiger partial charge in [0.2, 0.25) is 5.95 Å². The molecule has 1 amide bonds. The molecule has 2 heterocycles. The minimum atomic E-state index is -0.206. The number of nitrogens with two attached hydrogens (primary N) is 1. The van der Waals surface area contributed by atoms with Crippen molar-refractivity contribution < 1.29 is 14.6 Å². The summed E-state index contributed by atoms with van der Waals surface area (Å²) in [6.45, 7) is 2.66. The molecule has 1 fully saturated rings. The summed E-state index contributed by atoms with van der Waals surface area (Å²) >= 11 is 0. The fourth-order valence-corrected chi connectivity index (χ4v) is 3.11. The standard InChI is InChI=1S/C16H23N7O3/c1-9-12(7-18-16(17)19-9)15(25)20-11-5-10(6-11)14-22-21-13(8-24)23(14)3-4-26-2/h7,10-11,24H,3-6,8H2,1-2H3,(H,20,25)(H2,17,18,19). The molecule has 0 aromatic carbocycles. The van der Waals surface area contributed by atoms with Gasteiger partial charge >= 0.3 is 0 Å². The van der Waals surface area contributed by atoms with Crippen molar-refractivity contribution in [1.29, 1.82) is 0 Å². The van der Waals surface area contributed by atoms with Crippen LogP contribution in [0.1, 0.15) is 46.5 Å². The first-order valence-corrected chi connectivity index (χ1v) is 8.45. The van der Waals surface area contributed by atoms with Crippen molar-refractivity contribution in [2.75, 3.05) is 19.5 Å². The molecule has 1 aliphatic rings. The van der Waals surface area contributed by atoms with Crippen molar-refractivity contribution in [3.05, 3.63) is 29.1 Å². The summed E-state index contributed by atoms with van der Waals surface area (Å²) in [5.74, 6) is 1.48. The molecule has 0 spiro atoms. The largest absolute Gasteiger partial charge is 0.388 e. The Bertz CT molecular complexity index is 786. The fourth-order valence-electron chi connectivity index (χ4n) is 3.11. The van der Waals surface area contributed by atoms with Crippen molar-refractivity contribution in [2.45, 2.75) is 44.9 Å². The highest BCUT2D eigenvalue weighted by Gasteiger charge is 2.35. The number of rotatable bonds is 7. The van der Waals surface area contributed by atoms with Crippen LogP contribution in [-0.2, 0) is 17.9 Å². The number of anilines is 1. The van der Waals surface area contributed by atoms with E-state index in [1.165, 1.54) is 6.20 Å². The fraction of sp³-hybridized carbons (Fsp3) is 0.562. The van der Waals surface area contributed by atoms with Gasteiger partial charge in [-0.1, -0.05) is 0 Å². The van der Waals surface area contributed by atoms with Crippen LogP contribution in [0.25, 0.3) is 0 Å². The summed E-state index contributed by atoms with van der Waals surface area (Å²) in [5.41, 5.74) is 6.49. The lowest BCUT2D eigenvalue weighted by Gasteiger charge is -2.35. The lowest BCUT2D eigenvalue weighted by atomic mass is 9.79. The van der Waals surface area contributed by atoms with Gasteiger partial charge in [-0.2, -0.15) is 0 Å². The minimum Gasteiger partial charge on any atom is -0.388 e. The van der Waals surface area contributed by atoms with Gasteiger partial charge in [0.05, 0.1) is 17.9 Å². The van der Waals surface area contributed by atoms with Crippen LogP contribution in [0.15, 0.2) is 6.20 Å². The molecule has 0 saturated heterocycles. The SMILES string of the molecule is COCCn1c(CO)nnc1C1CC(NC(=O)c2cnc(N)nc2C)C1. The van der Waals surface area contributed by atoms with Gasteiger partial charge in [0.25, 0.3) is 5.91 Å². The number of hydrogen-bond acceptors (Lipinski definition) is 8. The Labute approximate surface area is 150 Å². The lowest BCUT2D eigenvalue weighted by molar-refractivity contribution is 0.0905. The highest BCUT2D eigenvalue weighted by Crippen LogP contribution is 2.36. The van der Waals surface area contributed by atoms with Crippen LogP contribution in [0.5, 0.6) is 0 Å². The maximum absolute atomic E-state index is 12.4. The molecule has 2 aromatic rings. The molecule has 0 radical (unpaired) electrons. The van der Waals surface area contributed by atoms with Gasteiger partial charge in [-0.25, -0.2) is 9.97 Å². The zero-order valence-electron chi connectivity index (χ0n) is 14.8. The summed E-state index contributed by atoms with van der Waals surface area (Å²) in [5, 5.41) is 20.6. The molecule has 0 aliphatic heterocycles. The Balaban J connectivity index is 1.60. The molecular weight excluding hydrogens is 338 g/mol. The number of aliphatic hydroxyl groups is 1. The van der Waals surface area contributed by atoms with E-state index in [-0.39, 0.29) is 30.4 Å². The summed E-state index contributed by atoms with van der Waals surface area (Å²) in [7, 11) is 1.63. The van der Waals surface area contributed by atoms with Gasteiger partial charge in [-0.05, 0) is 19.8 Å². The van der Waals surface area contributed by atoms with E-state index < -0.39 is 0 Å². The second kappa shape index (κ2) is 7.75. The predicted molar refractivity (Wildman–Crippen MR) is 92.2 cm³/mol. The normalized spacial score (nSPS) is 19.2. The number of aliphatic hydroxyl groups excluding tert-OH is 1. The first-order chi connectivity index (χ1) is 12.5. The van der Waals surface area contributed by atoms with E-state index in [1.807, 2.05) is 4.57 Å². The molecule has 10 nitrogen and oxygen atoms in total. The second-order valence-corrected chi connectivity index (χ2v) is 6.34. The number of carbonyl (C=O) groups is 1. The zero-order chi connectivity index (χ0) is 18.7. The first kappa shape index (κ1) is 18.2. The number of nitrogens with one attached hydrogen (secondary N) is 1. The van der Waals surface area contributed by atoms with Crippen molar-refractivity contribution in [2.24, 2.45) is 0 Å². The Hall–Kier alpha value is -2.59. The molecular formula is C16H23N7O3. The lowest BCUT2D eigenvalue weighted by Crippen LogP contribution is -2.44. The molecule has 2 aromatic heterocycles. The van der Waals surface area contributed by atoms with Crippen LogP contribution >= 0.6 is 0 Å². The molecule has 140 valence electrons. The van der Waals surface area contributed by atoms with E-state index in [0.717, 1.165) is 18.7 Å². The van der Waals surface area contributed by atoms with E-state index in [2.05, 4.69) is 25.5 Å². The number of aromatic nitrogens is 5. The highest BCUT2D eigenvalue weighted by atomic mass is 16.5. The van der Waals surface area contributed by atoms with Crippen LogP contribution < -0.4 is 11.1 Å². The molecule has 1 saturated carbocycles. The molecule has 0 bridgehead atoms. The van der Waals surface area contributed by atoms with Crippen molar-refractivity contribution >= 4 is 11.9 Å². The van der Waals surface area contributed by atoms with Crippen LogP contribution in [0.2, 0.25) is 0 Å². The van der Waals surface area contributed by atoms with Crippen LogP contribution in [0, 0.1) is 6.92 Å². The smallest absolute Gasteiger partial charge is 0.254 e. The van der Waals surface area contributed by atoms with Crippen molar-refractivity contribution in [3.8, 4) is 0 Å². The van der Waals surface area contributed by atoms with Crippen LogP contribution in [-0.4, -0.2) is 55.5 Å². The molecule has 4 N–H and O–H groups in total. The Morgan fingerprint density at radius 3 is 2.88 bits per heavy atom. The maximum atomic E-state index is 12.4. The van der Waals surface area contributed by atoms with Gasteiger partial charge in [0, 0.05) is 31.8 Å². The number of methoxy groups -OCH3 is 1. The Morgan fingerprint density at radius 1 is 1.46 bits per heavy atom. The molecule has 26 heavy (non-hydrogen) atoms. The van der Waals surface area contributed by atoms with Crippen molar-refractivity contribution in [1.82, 2.24) is 30.0 Å². The zero-order valence-corrected chi connectivity index (χ0v) is 14.8. The third kappa shape index (κ3) is 3.65. The summed E-state index contributed by atoms with van der Waals surface area (Å²) < 4.78 is 7.00. The molecule has 10 heteroatoms. The second-order valence-electron chi connectivity index (χ2n) is 6.34. The predicted octanol–water partition coefficient (Wildman–Crippen LogP) is -0.227. The maximum Gasteiger partial charge on any atom is 0.254 e.